The maximum Gasteiger partial charge on any atom is 0.380 e. The van der Waals surface area contributed by atoms with Crippen molar-refractivity contribution in [1.29, 1.82) is 0 Å². The monoisotopic (exact) mass is 197 g/mol. The molecule has 4 nitrogen and oxygen atoms in total. The van der Waals surface area contributed by atoms with Crippen LogP contribution in [-0.4, -0.2) is 15.6 Å². The fourth-order valence-corrected chi connectivity index (χ4v) is 1.88. The first-order chi connectivity index (χ1) is 6.54. The second-order valence-corrected chi connectivity index (χ2v) is 3.30. The molecule has 1 aromatic rings. The van der Waals surface area contributed by atoms with Gasteiger partial charge in [0.2, 0.25) is 0 Å². The zero-order valence-corrected chi connectivity index (χ0v) is 9.16. The number of carboxylic acids is 1. The van der Waals surface area contributed by atoms with Crippen LogP contribution in [0.1, 0.15) is 35.9 Å². The second-order valence-electron chi connectivity index (χ2n) is 3.30. The average Bonchev–Trinajstić information content (AvgIpc) is 2.39. The number of carbonyl (C=O) groups is 1. The molecule has 1 rings (SSSR count). The molecule has 0 unspecified atom stereocenters. The maximum absolute atomic E-state index is 11.1. The number of rotatable bonds is 3. The number of carboxylic acid groups (broad SMARTS) is 1. The molecule has 78 valence electrons. The molecule has 0 saturated heterocycles. The Kier molecular flexibility index (Phi) is 2.93. The Labute approximate surface area is 83.8 Å². The topological polar surface area (TPSA) is 46.1 Å². The number of imidazole rings is 1. The van der Waals surface area contributed by atoms with E-state index in [1.807, 2.05) is 37.0 Å². The van der Waals surface area contributed by atoms with Crippen LogP contribution in [0.2, 0.25) is 0 Å². The lowest BCUT2D eigenvalue weighted by atomic mass is 10.2. The summed E-state index contributed by atoms with van der Waals surface area (Å²) in [6, 6.07) is 0. The summed E-state index contributed by atoms with van der Waals surface area (Å²) >= 11 is 0. The highest BCUT2D eigenvalue weighted by Gasteiger charge is 2.28. The average molecular weight is 197 g/mol. The van der Waals surface area contributed by atoms with Gasteiger partial charge in [0.05, 0.1) is 13.6 Å². The molecule has 0 spiro atoms. The summed E-state index contributed by atoms with van der Waals surface area (Å²) in [5.41, 5.74) is 1.31. The van der Waals surface area contributed by atoms with Crippen LogP contribution in [0.4, 0.5) is 0 Å². The van der Waals surface area contributed by atoms with E-state index in [0.717, 1.165) is 17.9 Å². The van der Waals surface area contributed by atoms with Gasteiger partial charge in [-0.05, 0) is 6.92 Å². The number of aromatic nitrogens is 2. The minimum atomic E-state index is -0.840. The quantitative estimate of drug-likeness (QED) is 0.732. The van der Waals surface area contributed by atoms with E-state index < -0.39 is 5.97 Å². The van der Waals surface area contributed by atoms with Gasteiger partial charge in [-0.15, -0.1) is 0 Å². The van der Waals surface area contributed by atoms with E-state index in [0.29, 0.717) is 12.2 Å². The Morgan fingerprint density at radius 3 is 2.43 bits per heavy atom. The molecule has 0 aliphatic carbocycles. The Hall–Kier alpha value is -1.32. The van der Waals surface area contributed by atoms with Gasteiger partial charge in [-0.25, -0.2) is 13.9 Å². The lowest BCUT2D eigenvalue weighted by molar-refractivity contribution is -0.684. The van der Waals surface area contributed by atoms with E-state index in [1.165, 1.54) is 0 Å². The normalized spacial score (nSPS) is 10.6. The van der Waals surface area contributed by atoms with Crippen LogP contribution in [-0.2, 0) is 20.0 Å². The largest absolute Gasteiger partial charge is 0.475 e. The lowest BCUT2D eigenvalue weighted by Crippen LogP contribution is -2.34. The summed E-state index contributed by atoms with van der Waals surface area (Å²) in [7, 11) is 1.91. The number of hydrogen-bond donors (Lipinski definition) is 1. The van der Waals surface area contributed by atoms with Gasteiger partial charge in [-0.3, -0.25) is 0 Å². The molecule has 0 atom stereocenters. The van der Waals surface area contributed by atoms with E-state index in [9.17, 15) is 4.79 Å². The van der Waals surface area contributed by atoms with E-state index >= 15 is 0 Å². The second kappa shape index (κ2) is 3.82. The SMILES string of the molecule is CCc1c(C(=O)O)n(CC)c(C)[n+]1C. The highest BCUT2D eigenvalue weighted by Crippen LogP contribution is 2.10. The molecule has 0 bridgehead atoms. The van der Waals surface area contributed by atoms with Crippen molar-refractivity contribution in [3.8, 4) is 0 Å². The van der Waals surface area contributed by atoms with Crippen molar-refractivity contribution in [2.45, 2.75) is 33.7 Å². The fraction of sp³-hybridized carbons (Fsp3) is 0.600. The van der Waals surface area contributed by atoms with Crippen molar-refractivity contribution < 1.29 is 14.5 Å². The minimum absolute atomic E-state index is 0.426. The smallest absolute Gasteiger partial charge is 0.380 e. The number of aromatic carboxylic acids is 1. The van der Waals surface area contributed by atoms with Gasteiger partial charge in [-0.2, -0.15) is 0 Å². The molecule has 0 amide bonds. The van der Waals surface area contributed by atoms with Gasteiger partial charge in [0.15, 0.2) is 5.69 Å². The van der Waals surface area contributed by atoms with E-state index in [-0.39, 0.29) is 0 Å². The van der Waals surface area contributed by atoms with Crippen LogP contribution >= 0.6 is 0 Å². The van der Waals surface area contributed by atoms with Crippen LogP contribution in [0.5, 0.6) is 0 Å². The van der Waals surface area contributed by atoms with Crippen LogP contribution in [0.3, 0.4) is 0 Å². The predicted molar refractivity (Wildman–Crippen MR) is 52.4 cm³/mol. The number of hydrogen-bond acceptors (Lipinski definition) is 1. The summed E-state index contributed by atoms with van der Waals surface area (Å²) in [5.74, 6) is 0.147. The maximum atomic E-state index is 11.1. The predicted octanol–water partition coefficient (Wildman–Crippen LogP) is 0.902. The summed E-state index contributed by atoms with van der Waals surface area (Å²) in [4.78, 5) is 11.1. The Bertz CT molecular complexity index is 339. The van der Waals surface area contributed by atoms with Crippen molar-refractivity contribution in [2.24, 2.45) is 7.05 Å². The van der Waals surface area contributed by atoms with Gasteiger partial charge in [0, 0.05) is 13.3 Å². The molecule has 0 radical (unpaired) electrons. The number of nitrogens with zero attached hydrogens (tertiary/aromatic N) is 2. The summed E-state index contributed by atoms with van der Waals surface area (Å²) in [6.07, 6.45) is 0.742. The lowest BCUT2D eigenvalue weighted by Gasteiger charge is -1.95. The third kappa shape index (κ3) is 1.41. The summed E-state index contributed by atoms with van der Waals surface area (Å²) in [5, 5.41) is 9.11. The molecule has 0 aliphatic heterocycles. The zero-order valence-electron chi connectivity index (χ0n) is 9.16. The molecule has 0 aliphatic rings. The van der Waals surface area contributed by atoms with E-state index in [2.05, 4.69) is 0 Å². The third-order valence-electron chi connectivity index (χ3n) is 2.68. The van der Waals surface area contributed by atoms with Crippen LogP contribution in [0, 0.1) is 6.92 Å². The van der Waals surface area contributed by atoms with Crippen molar-refractivity contribution in [1.82, 2.24) is 4.57 Å². The van der Waals surface area contributed by atoms with E-state index in [4.69, 9.17) is 5.11 Å². The first-order valence-corrected chi connectivity index (χ1v) is 4.85. The molecular weight excluding hydrogens is 180 g/mol. The van der Waals surface area contributed by atoms with Gasteiger partial charge in [0.25, 0.3) is 11.5 Å². The first-order valence-electron chi connectivity index (χ1n) is 4.85. The van der Waals surface area contributed by atoms with Gasteiger partial charge >= 0.3 is 5.97 Å². The summed E-state index contributed by atoms with van der Waals surface area (Å²) < 4.78 is 3.79. The van der Waals surface area contributed by atoms with Crippen LogP contribution in [0.25, 0.3) is 0 Å². The molecule has 0 fully saturated rings. The molecule has 1 heterocycles. The van der Waals surface area contributed by atoms with Crippen LogP contribution < -0.4 is 4.57 Å². The van der Waals surface area contributed by atoms with Crippen molar-refractivity contribution >= 4 is 5.97 Å². The fourth-order valence-electron chi connectivity index (χ4n) is 1.88. The molecule has 14 heavy (non-hydrogen) atoms. The molecule has 1 N–H and O–H groups in total. The summed E-state index contributed by atoms with van der Waals surface area (Å²) in [6.45, 7) is 6.57. The van der Waals surface area contributed by atoms with Crippen LogP contribution in [0.15, 0.2) is 0 Å². The zero-order chi connectivity index (χ0) is 10.9. The molecule has 4 heteroatoms. The highest BCUT2D eigenvalue weighted by molar-refractivity contribution is 5.86. The minimum Gasteiger partial charge on any atom is -0.475 e. The van der Waals surface area contributed by atoms with Gasteiger partial charge in [0.1, 0.15) is 0 Å². The Balaban J connectivity index is 3.49. The molecule has 1 aromatic heterocycles. The van der Waals surface area contributed by atoms with E-state index in [1.54, 1.807) is 0 Å². The van der Waals surface area contributed by atoms with Crippen molar-refractivity contribution in [2.75, 3.05) is 0 Å². The third-order valence-corrected chi connectivity index (χ3v) is 2.68. The standard InChI is InChI=1S/C10H16N2O2/c1-5-8-9(10(13)14)12(6-2)7(3)11(8)4/h5-6H2,1-4H3/p+1. The molecular formula is C10H17N2O2+. The van der Waals surface area contributed by atoms with Crippen molar-refractivity contribution in [3.05, 3.63) is 17.2 Å². The Morgan fingerprint density at radius 2 is 2.07 bits per heavy atom. The van der Waals surface area contributed by atoms with Gasteiger partial charge in [-0.1, -0.05) is 6.92 Å². The van der Waals surface area contributed by atoms with Gasteiger partial charge < -0.3 is 5.11 Å². The van der Waals surface area contributed by atoms with Crippen molar-refractivity contribution in [3.63, 3.8) is 0 Å². The Morgan fingerprint density at radius 1 is 1.50 bits per heavy atom. The first kappa shape index (κ1) is 10.8. The molecule has 0 aromatic carbocycles. The molecule has 0 saturated carbocycles. The highest BCUT2D eigenvalue weighted by atomic mass is 16.4.